The van der Waals surface area contributed by atoms with Crippen molar-refractivity contribution in [1.29, 1.82) is 0 Å². The highest BCUT2D eigenvalue weighted by Crippen LogP contribution is 2.21. The van der Waals surface area contributed by atoms with Crippen LogP contribution in [0.25, 0.3) is 0 Å². The molecule has 5 heteroatoms. The van der Waals surface area contributed by atoms with Crippen molar-refractivity contribution in [3.05, 3.63) is 35.1 Å². The van der Waals surface area contributed by atoms with Crippen LogP contribution in [0.3, 0.4) is 0 Å². The van der Waals surface area contributed by atoms with Crippen molar-refractivity contribution < 1.29 is 19.1 Å². The third kappa shape index (κ3) is 2.75. The Hall–Kier alpha value is -1.91. The van der Waals surface area contributed by atoms with E-state index in [9.17, 15) is 14.0 Å². The van der Waals surface area contributed by atoms with Gasteiger partial charge in [0.25, 0.3) is 5.91 Å². The summed E-state index contributed by atoms with van der Waals surface area (Å²) in [5, 5.41) is 9.01. The van der Waals surface area contributed by atoms with Crippen LogP contribution in [0.1, 0.15) is 28.8 Å². The Morgan fingerprint density at radius 1 is 1.42 bits per heavy atom. The number of piperidine rings is 1. The van der Waals surface area contributed by atoms with E-state index in [0.717, 1.165) is 0 Å². The van der Waals surface area contributed by atoms with Gasteiger partial charge in [0, 0.05) is 13.1 Å². The smallest absolute Gasteiger partial charge is 0.308 e. The van der Waals surface area contributed by atoms with Crippen molar-refractivity contribution in [2.45, 2.75) is 19.8 Å². The Morgan fingerprint density at radius 3 is 2.79 bits per heavy atom. The predicted molar refractivity (Wildman–Crippen MR) is 67.4 cm³/mol. The number of aliphatic carboxylic acids is 1. The molecular weight excluding hydrogens is 249 g/mol. The maximum Gasteiger partial charge on any atom is 0.308 e. The largest absolute Gasteiger partial charge is 0.481 e. The zero-order valence-corrected chi connectivity index (χ0v) is 10.7. The van der Waals surface area contributed by atoms with Crippen LogP contribution in [0.4, 0.5) is 4.39 Å². The maximum atomic E-state index is 13.7. The highest BCUT2D eigenvalue weighted by atomic mass is 19.1. The fourth-order valence-electron chi connectivity index (χ4n) is 2.42. The molecule has 102 valence electrons. The van der Waals surface area contributed by atoms with Crippen molar-refractivity contribution in [3.63, 3.8) is 0 Å². The monoisotopic (exact) mass is 265 g/mol. The first-order valence-corrected chi connectivity index (χ1v) is 6.28. The summed E-state index contributed by atoms with van der Waals surface area (Å²) in [5.41, 5.74) is 0.621. The third-order valence-corrected chi connectivity index (χ3v) is 3.49. The zero-order valence-electron chi connectivity index (χ0n) is 10.7. The van der Waals surface area contributed by atoms with Gasteiger partial charge in [-0.3, -0.25) is 9.59 Å². The Bertz CT molecular complexity index is 495. The van der Waals surface area contributed by atoms with Gasteiger partial charge in [-0.05, 0) is 31.4 Å². The summed E-state index contributed by atoms with van der Waals surface area (Å²) >= 11 is 0. The van der Waals surface area contributed by atoms with E-state index in [2.05, 4.69) is 0 Å². The Morgan fingerprint density at radius 2 is 2.16 bits per heavy atom. The van der Waals surface area contributed by atoms with Gasteiger partial charge in [0.1, 0.15) is 5.82 Å². The molecular formula is C14H16FNO3. The minimum absolute atomic E-state index is 0.0496. The number of carbonyl (C=O) groups excluding carboxylic acids is 1. The molecule has 1 aliphatic heterocycles. The Kier molecular flexibility index (Phi) is 3.83. The van der Waals surface area contributed by atoms with Gasteiger partial charge in [0.15, 0.2) is 0 Å². The lowest BCUT2D eigenvalue weighted by Gasteiger charge is -2.31. The second-order valence-corrected chi connectivity index (χ2v) is 4.86. The standard InChI is InChI=1S/C14H16FNO3/c1-9-4-2-6-11(15)12(9)13(17)16-7-3-5-10(8-16)14(18)19/h2,4,6,10H,3,5,7-8H2,1H3,(H,18,19). The van der Waals surface area contributed by atoms with Gasteiger partial charge in [0.05, 0.1) is 11.5 Å². The summed E-state index contributed by atoms with van der Waals surface area (Å²) in [4.78, 5) is 24.7. The lowest BCUT2D eigenvalue weighted by molar-refractivity contribution is -0.143. The van der Waals surface area contributed by atoms with E-state index < -0.39 is 23.6 Å². The number of carboxylic acids is 1. The molecule has 1 fully saturated rings. The molecule has 1 aromatic rings. The third-order valence-electron chi connectivity index (χ3n) is 3.49. The number of amides is 1. The number of benzene rings is 1. The molecule has 1 atom stereocenters. The maximum absolute atomic E-state index is 13.7. The van der Waals surface area contributed by atoms with E-state index in [1.165, 1.54) is 11.0 Å². The number of hydrogen-bond acceptors (Lipinski definition) is 2. The van der Waals surface area contributed by atoms with E-state index in [4.69, 9.17) is 5.11 Å². The molecule has 1 aromatic carbocycles. The molecule has 19 heavy (non-hydrogen) atoms. The quantitative estimate of drug-likeness (QED) is 0.890. The van der Waals surface area contributed by atoms with Gasteiger partial charge < -0.3 is 10.0 Å². The molecule has 1 saturated heterocycles. The molecule has 0 aromatic heterocycles. The number of halogens is 1. The highest BCUT2D eigenvalue weighted by molar-refractivity contribution is 5.96. The first-order valence-electron chi connectivity index (χ1n) is 6.28. The fraction of sp³-hybridized carbons (Fsp3) is 0.429. The van der Waals surface area contributed by atoms with Gasteiger partial charge in [-0.25, -0.2) is 4.39 Å². The van der Waals surface area contributed by atoms with Crippen molar-refractivity contribution in [1.82, 2.24) is 4.90 Å². The number of rotatable bonds is 2. The number of carboxylic acid groups (broad SMARTS) is 1. The average molecular weight is 265 g/mol. The number of carbonyl (C=O) groups is 2. The van der Waals surface area contributed by atoms with E-state index in [1.54, 1.807) is 19.1 Å². The summed E-state index contributed by atoms with van der Waals surface area (Å²) in [6.07, 6.45) is 1.20. The number of aryl methyl sites for hydroxylation is 1. The van der Waals surface area contributed by atoms with Crippen molar-refractivity contribution >= 4 is 11.9 Å². The first kappa shape index (κ1) is 13.5. The summed E-state index contributed by atoms with van der Waals surface area (Å²) in [7, 11) is 0. The summed E-state index contributed by atoms with van der Waals surface area (Å²) in [6.45, 7) is 2.31. The van der Waals surface area contributed by atoms with Crippen molar-refractivity contribution in [2.24, 2.45) is 5.92 Å². The van der Waals surface area contributed by atoms with Crippen LogP contribution in [0.2, 0.25) is 0 Å². The summed E-state index contributed by atoms with van der Waals surface area (Å²) < 4.78 is 13.7. The van der Waals surface area contributed by atoms with Crippen LogP contribution in [-0.2, 0) is 4.79 Å². The molecule has 0 saturated carbocycles. The van der Waals surface area contributed by atoms with Crippen LogP contribution in [0.15, 0.2) is 18.2 Å². The number of nitrogens with zero attached hydrogens (tertiary/aromatic N) is 1. The predicted octanol–water partition coefficient (Wildman–Crippen LogP) is 2.07. The highest BCUT2D eigenvalue weighted by Gasteiger charge is 2.30. The average Bonchev–Trinajstić information content (AvgIpc) is 2.38. The lowest BCUT2D eigenvalue weighted by Crippen LogP contribution is -2.42. The molecule has 0 aliphatic carbocycles. The van der Waals surface area contributed by atoms with E-state index in [1.807, 2.05) is 0 Å². The minimum Gasteiger partial charge on any atom is -0.481 e. The van der Waals surface area contributed by atoms with Gasteiger partial charge in [-0.2, -0.15) is 0 Å². The van der Waals surface area contributed by atoms with Crippen LogP contribution in [0.5, 0.6) is 0 Å². The molecule has 0 spiro atoms. The topological polar surface area (TPSA) is 57.6 Å². The molecule has 0 bridgehead atoms. The van der Waals surface area contributed by atoms with E-state index in [-0.39, 0.29) is 12.1 Å². The van der Waals surface area contributed by atoms with Crippen molar-refractivity contribution in [3.8, 4) is 0 Å². The number of hydrogen-bond donors (Lipinski definition) is 1. The van der Waals surface area contributed by atoms with E-state index >= 15 is 0 Å². The Balaban J connectivity index is 2.22. The van der Waals surface area contributed by atoms with Crippen LogP contribution in [0, 0.1) is 18.7 Å². The van der Waals surface area contributed by atoms with Crippen molar-refractivity contribution in [2.75, 3.05) is 13.1 Å². The van der Waals surface area contributed by atoms with Gasteiger partial charge in [0.2, 0.25) is 0 Å². The minimum atomic E-state index is -0.900. The van der Waals surface area contributed by atoms with Gasteiger partial charge in [-0.1, -0.05) is 12.1 Å². The lowest BCUT2D eigenvalue weighted by atomic mass is 9.97. The molecule has 1 heterocycles. The summed E-state index contributed by atoms with van der Waals surface area (Å²) in [5.74, 6) is -2.42. The fourth-order valence-corrected chi connectivity index (χ4v) is 2.42. The first-order chi connectivity index (χ1) is 9.00. The number of likely N-dealkylation sites (tertiary alicyclic amines) is 1. The van der Waals surface area contributed by atoms with E-state index in [0.29, 0.717) is 24.9 Å². The molecule has 0 radical (unpaired) electrons. The molecule has 1 aliphatic rings. The molecule has 1 amide bonds. The Labute approximate surface area is 110 Å². The SMILES string of the molecule is Cc1cccc(F)c1C(=O)N1CCCC(C(=O)O)C1. The molecule has 1 unspecified atom stereocenters. The molecule has 2 rings (SSSR count). The normalized spacial score (nSPS) is 19.3. The van der Waals surface area contributed by atoms with Crippen LogP contribution >= 0.6 is 0 Å². The zero-order chi connectivity index (χ0) is 14.0. The van der Waals surface area contributed by atoms with Crippen LogP contribution < -0.4 is 0 Å². The van der Waals surface area contributed by atoms with Gasteiger partial charge >= 0.3 is 5.97 Å². The summed E-state index contributed by atoms with van der Waals surface area (Å²) in [6, 6.07) is 4.48. The second kappa shape index (κ2) is 5.38. The molecule has 1 N–H and O–H groups in total. The molecule has 4 nitrogen and oxygen atoms in total. The van der Waals surface area contributed by atoms with Gasteiger partial charge in [-0.15, -0.1) is 0 Å². The van der Waals surface area contributed by atoms with Crippen LogP contribution in [-0.4, -0.2) is 35.0 Å². The second-order valence-electron chi connectivity index (χ2n) is 4.86.